The zero-order chi connectivity index (χ0) is 22.1. The van der Waals surface area contributed by atoms with Crippen molar-refractivity contribution in [2.45, 2.75) is 13.5 Å². The topological polar surface area (TPSA) is 70.2 Å². The number of hydrogen-bond donors (Lipinski definition) is 0. The predicted molar refractivity (Wildman–Crippen MR) is 122 cm³/mol. The zero-order valence-corrected chi connectivity index (χ0v) is 17.8. The molecule has 0 atom stereocenters. The lowest BCUT2D eigenvalue weighted by Gasteiger charge is -2.08. The molecule has 2 aromatic carbocycles. The van der Waals surface area contributed by atoms with Crippen LogP contribution in [0.1, 0.15) is 21.6 Å². The Balaban J connectivity index is 1.57. The van der Waals surface area contributed by atoms with Crippen LogP contribution in [0.15, 0.2) is 83.5 Å². The van der Waals surface area contributed by atoms with Crippen molar-refractivity contribution in [3.63, 3.8) is 0 Å². The Morgan fingerprint density at radius 1 is 1.00 bits per heavy atom. The molecule has 0 saturated carbocycles. The fraction of sp³-hybridized carbons (Fsp3) is 0.115. The molecule has 0 radical (unpaired) electrons. The molecule has 3 aromatic heterocycles. The molecular weight excluding hydrogens is 402 g/mol. The van der Waals surface area contributed by atoms with Gasteiger partial charge in [0.1, 0.15) is 5.69 Å². The molecule has 5 aromatic rings. The molecule has 6 heteroatoms. The lowest BCUT2D eigenvalue weighted by atomic mass is 10.0. The number of ether oxygens (including phenoxy) is 1. The van der Waals surface area contributed by atoms with Gasteiger partial charge in [-0.1, -0.05) is 54.6 Å². The maximum Gasteiger partial charge on any atom is 0.338 e. The van der Waals surface area contributed by atoms with Crippen molar-refractivity contribution >= 4 is 17.0 Å². The van der Waals surface area contributed by atoms with Crippen LogP contribution in [0.5, 0.6) is 0 Å². The van der Waals surface area contributed by atoms with Crippen LogP contribution in [0.4, 0.5) is 0 Å². The summed E-state index contributed by atoms with van der Waals surface area (Å²) in [6.07, 6.45) is 1.58. The lowest BCUT2D eigenvalue weighted by Crippen LogP contribution is -2.06. The summed E-state index contributed by atoms with van der Waals surface area (Å²) in [5, 5.41) is 5.37. The number of methoxy groups -OCH3 is 1. The summed E-state index contributed by atoms with van der Waals surface area (Å²) in [5.74, 6) is 0.148. The zero-order valence-electron chi connectivity index (χ0n) is 17.8. The number of carbonyl (C=O) groups excluding carboxylic acids is 1. The molecule has 0 unspecified atom stereocenters. The molecule has 0 saturated heterocycles. The quantitative estimate of drug-likeness (QED) is 0.349. The Morgan fingerprint density at radius 2 is 1.75 bits per heavy atom. The maximum atomic E-state index is 12.5. The predicted octanol–water partition coefficient (Wildman–Crippen LogP) is 5.50. The van der Waals surface area contributed by atoms with Crippen LogP contribution >= 0.6 is 0 Å². The SMILES string of the molecule is COC(=O)c1cc(-c2ccco2)nc2c1c(C)nn2Cc1ccc(-c2ccccc2)cc1. The third-order valence-corrected chi connectivity index (χ3v) is 5.45. The summed E-state index contributed by atoms with van der Waals surface area (Å²) < 4.78 is 12.4. The van der Waals surface area contributed by atoms with Gasteiger partial charge in [0, 0.05) is 0 Å². The van der Waals surface area contributed by atoms with Crippen LogP contribution in [0.2, 0.25) is 0 Å². The molecule has 0 bridgehead atoms. The van der Waals surface area contributed by atoms with Crippen molar-refractivity contribution in [1.82, 2.24) is 14.8 Å². The molecule has 0 N–H and O–H groups in total. The Bertz CT molecular complexity index is 1390. The molecule has 3 heterocycles. The minimum atomic E-state index is -0.430. The highest BCUT2D eigenvalue weighted by molar-refractivity contribution is 6.04. The van der Waals surface area contributed by atoms with Crippen LogP contribution < -0.4 is 0 Å². The number of nitrogens with zero attached hydrogens (tertiary/aromatic N) is 3. The lowest BCUT2D eigenvalue weighted by molar-refractivity contribution is 0.0603. The number of furan rings is 1. The Hall–Kier alpha value is -4.19. The minimum Gasteiger partial charge on any atom is -0.465 e. The van der Waals surface area contributed by atoms with Gasteiger partial charge in [0.05, 0.1) is 36.6 Å². The molecule has 0 aliphatic heterocycles. The molecule has 5 rings (SSSR count). The monoisotopic (exact) mass is 423 g/mol. The number of esters is 1. The summed E-state index contributed by atoms with van der Waals surface area (Å²) in [6, 6.07) is 23.9. The smallest absolute Gasteiger partial charge is 0.338 e. The highest BCUT2D eigenvalue weighted by atomic mass is 16.5. The van der Waals surface area contributed by atoms with Crippen molar-refractivity contribution in [2.24, 2.45) is 0 Å². The van der Waals surface area contributed by atoms with E-state index in [2.05, 4.69) is 41.5 Å². The molecule has 158 valence electrons. The summed E-state index contributed by atoms with van der Waals surface area (Å²) in [6.45, 7) is 2.40. The average molecular weight is 423 g/mol. The molecule has 0 aliphatic carbocycles. The third-order valence-electron chi connectivity index (χ3n) is 5.45. The number of aryl methyl sites for hydroxylation is 1. The van der Waals surface area contributed by atoms with Crippen molar-refractivity contribution in [3.05, 3.63) is 95.9 Å². The van der Waals surface area contributed by atoms with Gasteiger partial charge in [0.25, 0.3) is 0 Å². The second-order valence-corrected chi connectivity index (χ2v) is 7.53. The fourth-order valence-corrected chi connectivity index (χ4v) is 3.89. The molecule has 0 amide bonds. The van der Waals surface area contributed by atoms with Crippen molar-refractivity contribution < 1.29 is 13.9 Å². The van der Waals surface area contributed by atoms with E-state index < -0.39 is 5.97 Å². The van der Waals surface area contributed by atoms with E-state index in [4.69, 9.17) is 14.1 Å². The maximum absolute atomic E-state index is 12.5. The molecular formula is C26H21N3O3. The Morgan fingerprint density at radius 3 is 2.44 bits per heavy atom. The van der Waals surface area contributed by atoms with Crippen molar-refractivity contribution in [1.29, 1.82) is 0 Å². The van der Waals surface area contributed by atoms with Gasteiger partial charge in [-0.15, -0.1) is 0 Å². The van der Waals surface area contributed by atoms with Gasteiger partial charge in [-0.05, 0) is 41.8 Å². The Labute approximate surface area is 185 Å². The fourth-order valence-electron chi connectivity index (χ4n) is 3.89. The summed E-state index contributed by atoms with van der Waals surface area (Å²) >= 11 is 0. The third kappa shape index (κ3) is 3.56. The van der Waals surface area contributed by atoms with Crippen molar-refractivity contribution in [3.8, 4) is 22.6 Å². The van der Waals surface area contributed by atoms with E-state index in [1.165, 1.54) is 12.7 Å². The largest absolute Gasteiger partial charge is 0.465 e. The summed E-state index contributed by atoms with van der Waals surface area (Å²) in [4.78, 5) is 17.3. The highest BCUT2D eigenvalue weighted by Gasteiger charge is 2.21. The number of carbonyl (C=O) groups is 1. The van der Waals surface area contributed by atoms with E-state index in [0.29, 0.717) is 34.6 Å². The van der Waals surface area contributed by atoms with E-state index >= 15 is 0 Å². The van der Waals surface area contributed by atoms with E-state index in [1.807, 2.05) is 35.9 Å². The standard InChI is InChI=1S/C26H21N3O3/c1-17-24-21(26(30)31-2)15-22(23-9-6-14-32-23)27-25(24)29(28-17)16-18-10-12-20(13-11-18)19-7-4-3-5-8-19/h3-15H,16H2,1-2H3. The minimum absolute atomic E-state index is 0.423. The first-order chi connectivity index (χ1) is 15.6. The van der Waals surface area contributed by atoms with Gasteiger partial charge >= 0.3 is 5.97 Å². The summed E-state index contributed by atoms with van der Waals surface area (Å²) in [5.41, 5.74) is 5.73. The van der Waals surface area contributed by atoms with E-state index in [1.54, 1.807) is 18.4 Å². The number of rotatable bonds is 5. The highest BCUT2D eigenvalue weighted by Crippen LogP contribution is 2.28. The second-order valence-electron chi connectivity index (χ2n) is 7.53. The number of hydrogen-bond acceptors (Lipinski definition) is 5. The normalized spacial score (nSPS) is 11.1. The number of fused-ring (bicyclic) bond motifs is 1. The van der Waals surface area contributed by atoms with Gasteiger partial charge < -0.3 is 9.15 Å². The van der Waals surface area contributed by atoms with E-state index in [-0.39, 0.29) is 0 Å². The molecule has 0 fully saturated rings. The molecule has 0 spiro atoms. The average Bonchev–Trinajstić information content (AvgIpc) is 3.48. The van der Waals surface area contributed by atoms with Gasteiger partial charge in [-0.25, -0.2) is 14.5 Å². The first-order valence-corrected chi connectivity index (χ1v) is 10.3. The van der Waals surface area contributed by atoms with Crippen LogP contribution in [0.3, 0.4) is 0 Å². The van der Waals surface area contributed by atoms with Gasteiger partial charge in [0.15, 0.2) is 11.4 Å². The van der Waals surface area contributed by atoms with E-state index in [0.717, 1.165) is 16.8 Å². The van der Waals surface area contributed by atoms with Crippen LogP contribution in [-0.2, 0) is 11.3 Å². The Kier molecular flexibility index (Phi) is 5.03. The first kappa shape index (κ1) is 19.8. The van der Waals surface area contributed by atoms with Gasteiger partial charge in [-0.2, -0.15) is 5.10 Å². The molecule has 0 aliphatic rings. The number of pyridine rings is 1. The van der Waals surface area contributed by atoms with Crippen LogP contribution in [0.25, 0.3) is 33.6 Å². The number of benzene rings is 2. The van der Waals surface area contributed by atoms with Crippen LogP contribution in [-0.4, -0.2) is 27.8 Å². The molecule has 32 heavy (non-hydrogen) atoms. The second kappa shape index (κ2) is 8.15. The summed E-state index contributed by atoms with van der Waals surface area (Å²) in [7, 11) is 1.37. The van der Waals surface area contributed by atoms with Gasteiger partial charge in [-0.3, -0.25) is 0 Å². The number of aromatic nitrogens is 3. The van der Waals surface area contributed by atoms with Gasteiger partial charge in [0.2, 0.25) is 0 Å². The van der Waals surface area contributed by atoms with E-state index in [9.17, 15) is 4.79 Å². The van der Waals surface area contributed by atoms with Crippen LogP contribution in [0, 0.1) is 6.92 Å². The van der Waals surface area contributed by atoms with Crippen molar-refractivity contribution in [2.75, 3.05) is 7.11 Å². The first-order valence-electron chi connectivity index (χ1n) is 10.3. The molecule has 6 nitrogen and oxygen atoms in total.